The van der Waals surface area contributed by atoms with Gasteiger partial charge in [-0.25, -0.2) is 4.98 Å². The molecule has 1 heterocycles. The lowest BCUT2D eigenvalue weighted by Gasteiger charge is -2.18. The fourth-order valence-corrected chi connectivity index (χ4v) is 2.02. The minimum atomic E-state index is -0.830. The van der Waals surface area contributed by atoms with E-state index in [-0.39, 0.29) is 12.0 Å². The molecule has 0 saturated heterocycles. The van der Waals surface area contributed by atoms with Crippen LogP contribution in [0.15, 0.2) is 29.1 Å². The molecule has 0 aliphatic carbocycles. The van der Waals surface area contributed by atoms with Crippen LogP contribution in [0, 0.1) is 0 Å². The number of carboxylic acid groups (broad SMARTS) is 1. The van der Waals surface area contributed by atoms with Crippen molar-refractivity contribution >= 4 is 16.9 Å². The van der Waals surface area contributed by atoms with Gasteiger partial charge < -0.3 is 10.1 Å². The van der Waals surface area contributed by atoms with Crippen molar-refractivity contribution < 1.29 is 9.90 Å². The van der Waals surface area contributed by atoms with Gasteiger partial charge in [0.2, 0.25) is 0 Å². The second-order valence-corrected chi connectivity index (χ2v) is 4.54. The van der Waals surface area contributed by atoms with Gasteiger partial charge in [-0.05, 0) is 18.7 Å². The van der Waals surface area contributed by atoms with Crippen molar-refractivity contribution in [2.75, 3.05) is 13.1 Å². The Morgan fingerprint density at radius 1 is 1.40 bits per heavy atom. The third-order valence-electron chi connectivity index (χ3n) is 3.12. The first-order valence-electron chi connectivity index (χ1n) is 6.52. The number of H-pyrrole nitrogens is 1. The van der Waals surface area contributed by atoms with Gasteiger partial charge in [0.05, 0.1) is 23.9 Å². The second-order valence-electron chi connectivity index (χ2n) is 4.54. The number of fused-ring (bicyclic) bond motifs is 1. The fourth-order valence-electron chi connectivity index (χ4n) is 2.02. The van der Waals surface area contributed by atoms with E-state index >= 15 is 0 Å². The van der Waals surface area contributed by atoms with Crippen LogP contribution in [-0.2, 0) is 11.3 Å². The summed E-state index contributed by atoms with van der Waals surface area (Å²) in [5.74, 6) is -0.274. The fraction of sp³-hybridized carbons (Fsp3) is 0.357. The first-order chi connectivity index (χ1) is 9.60. The quantitative estimate of drug-likeness (QED) is 0.827. The van der Waals surface area contributed by atoms with Gasteiger partial charge in [0, 0.05) is 6.54 Å². The molecule has 1 aromatic heterocycles. The normalized spacial score (nSPS) is 11.1. The Kier molecular flexibility index (Phi) is 4.47. The molecule has 0 bridgehead atoms. The summed E-state index contributed by atoms with van der Waals surface area (Å²) in [6, 6.07) is 7.15. The van der Waals surface area contributed by atoms with Crippen LogP contribution in [-0.4, -0.2) is 39.0 Å². The van der Waals surface area contributed by atoms with Crippen molar-refractivity contribution in [2.45, 2.75) is 19.9 Å². The largest absolute Gasteiger partial charge is 0.481 e. The highest BCUT2D eigenvalue weighted by atomic mass is 16.4. The predicted octanol–water partition coefficient (Wildman–Crippen LogP) is 1.22. The van der Waals surface area contributed by atoms with E-state index in [1.165, 1.54) is 0 Å². The van der Waals surface area contributed by atoms with E-state index in [0.717, 1.165) is 0 Å². The number of carbonyl (C=O) groups is 1. The van der Waals surface area contributed by atoms with Crippen LogP contribution in [0.25, 0.3) is 10.9 Å². The third-order valence-corrected chi connectivity index (χ3v) is 3.12. The molecule has 0 spiro atoms. The van der Waals surface area contributed by atoms with Gasteiger partial charge in [-0.1, -0.05) is 19.1 Å². The number of nitrogens with one attached hydrogen (secondary N) is 1. The van der Waals surface area contributed by atoms with E-state index in [0.29, 0.717) is 36.4 Å². The van der Waals surface area contributed by atoms with E-state index in [1.807, 2.05) is 17.9 Å². The Hall–Kier alpha value is -2.21. The summed E-state index contributed by atoms with van der Waals surface area (Å²) in [5.41, 5.74) is 0.487. The lowest BCUT2D eigenvalue weighted by molar-refractivity contribution is -0.137. The van der Waals surface area contributed by atoms with E-state index in [2.05, 4.69) is 9.97 Å². The molecule has 6 heteroatoms. The lowest BCUT2D eigenvalue weighted by atomic mass is 10.2. The zero-order valence-electron chi connectivity index (χ0n) is 11.3. The highest BCUT2D eigenvalue weighted by Gasteiger charge is 2.09. The Morgan fingerprint density at radius 3 is 2.85 bits per heavy atom. The molecule has 1 aromatic carbocycles. The van der Waals surface area contributed by atoms with Crippen LogP contribution in [0.1, 0.15) is 19.2 Å². The van der Waals surface area contributed by atoms with Crippen LogP contribution in [0.3, 0.4) is 0 Å². The van der Waals surface area contributed by atoms with E-state index in [9.17, 15) is 9.59 Å². The number of para-hydroxylation sites is 1. The molecule has 0 radical (unpaired) electrons. The number of rotatable bonds is 6. The van der Waals surface area contributed by atoms with Gasteiger partial charge in [-0.15, -0.1) is 0 Å². The Bertz CT molecular complexity index is 666. The molecule has 0 aliphatic heterocycles. The number of aliphatic carboxylic acids is 1. The summed E-state index contributed by atoms with van der Waals surface area (Å²) in [6.07, 6.45) is 0.0751. The average molecular weight is 275 g/mol. The van der Waals surface area contributed by atoms with E-state index in [4.69, 9.17) is 5.11 Å². The van der Waals surface area contributed by atoms with Crippen molar-refractivity contribution in [3.63, 3.8) is 0 Å². The van der Waals surface area contributed by atoms with Crippen LogP contribution < -0.4 is 5.56 Å². The molecule has 0 atom stereocenters. The topological polar surface area (TPSA) is 86.3 Å². The Balaban J connectivity index is 2.20. The average Bonchev–Trinajstić information content (AvgIpc) is 2.43. The number of aromatic nitrogens is 2. The van der Waals surface area contributed by atoms with Crippen LogP contribution in [0.5, 0.6) is 0 Å². The van der Waals surface area contributed by atoms with E-state index < -0.39 is 5.97 Å². The van der Waals surface area contributed by atoms with Gasteiger partial charge >= 0.3 is 5.97 Å². The molecule has 0 fully saturated rings. The summed E-state index contributed by atoms with van der Waals surface area (Å²) in [4.78, 5) is 31.6. The monoisotopic (exact) mass is 275 g/mol. The maximum absolute atomic E-state index is 11.9. The minimum Gasteiger partial charge on any atom is -0.481 e. The van der Waals surface area contributed by atoms with Gasteiger partial charge in [0.25, 0.3) is 5.56 Å². The van der Waals surface area contributed by atoms with Crippen molar-refractivity contribution in [2.24, 2.45) is 0 Å². The molecule has 6 nitrogen and oxygen atoms in total. The second kappa shape index (κ2) is 6.29. The smallest absolute Gasteiger partial charge is 0.304 e. The maximum atomic E-state index is 11.9. The summed E-state index contributed by atoms with van der Waals surface area (Å²) >= 11 is 0. The molecule has 0 amide bonds. The Labute approximate surface area is 116 Å². The van der Waals surface area contributed by atoms with Gasteiger partial charge in [-0.2, -0.15) is 0 Å². The third kappa shape index (κ3) is 3.42. The number of carboxylic acids is 1. The van der Waals surface area contributed by atoms with Crippen molar-refractivity contribution in [1.82, 2.24) is 14.9 Å². The summed E-state index contributed by atoms with van der Waals surface area (Å²) in [6.45, 7) is 3.51. The van der Waals surface area contributed by atoms with Crippen LogP contribution >= 0.6 is 0 Å². The summed E-state index contributed by atoms with van der Waals surface area (Å²) < 4.78 is 0. The van der Waals surface area contributed by atoms with Crippen LogP contribution in [0.4, 0.5) is 0 Å². The first-order valence-corrected chi connectivity index (χ1v) is 6.52. The van der Waals surface area contributed by atoms with Crippen molar-refractivity contribution in [1.29, 1.82) is 0 Å². The Morgan fingerprint density at radius 2 is 2.15 bits per heavy atom. The summed E-state index contributed by atoms with van der Waals surface area (Å²) in [7, 11) is 0. The van der Waals surface area contributed by atoms with E-state index in [1.54, 1.807) is 18.2 Å². The molecular weight excluding hydrogens is 258 g/mol. The molecular formula is C14H17N3O3. The number of hydrogen-bond donors (Lipinski definition) is 2. The number of hydrogen-bond acceptors (Lipinski definition) is 4. The van der Waals surface area contributed by atoms with Gasteiger partial charge in [0.1, 0.15) is 5.82 Å². The first kappa shape index (κ1) is 14.2. The standard InChI is InChI=1S/C14H17N3O3/c1-2-17(8-7-13(18)19)9-12-15-11-6-4-3-5-10(11)14(20)16-12/h3-6H,2,7-9H2,1H3,(H,18,19)(H,15,16,20). The van der Waals surface area contributed by atoms with Crippen molar-refractivity contribution in [3.8, 4) is 0 Å². The molecule has 0 unspecified atom stereocenters. The zero-order valence-corrected chi connectivity index (χ0v) is 11.3. The van der Waals surface area contributed by atoms with Crippen molar-refractivity contribution in [3.05, 3.63) is 40.4 Å². The van der Waals surface area contributed by atoms with Gasteiger partial charge in [0.15, 0.2) is 0 Å². The number of benzene rings is 1. The summed E-state index contributed by atoms with van der Waals surface area (Å²) in [5, 5.41) is 9.27. The highest BCUT2D eigenvalue weighted by molar-refractivity contribution is 5.77. The molecule has 20 heavy (non-hydrogen) atoms. The highest BCUT2D eigenvalue weighted by Crippen LogP contribution is 2.07. The SMILES string of the molecule is CCN(CCC(=O)O)Cc1nc2ccccc2c(=O)[nH]1. The molecule has 106 valence electrons. The molecule has 2 rings (SSSR count). The van der Waals surface area contributed by atoms with Crippen LogP contribution in [0.2, 0.25) is 0 Å². The number of aromatic amines is 1. The molecule has 0 saturated carbocycles. The molecule has 2 aromatic rings. The lowest BCUT2D eigenvalue weighted by Crippen LogP contribution is -2.28. The zero-order chi connectivity index (χ0) is 14.5. The minimum absolute atomic E-state index is 0.0751. The van der Waals surface area contributed by atoms with Gasteiger partial charge in [-0.3, -0.25) is 14.5 Å². The predicted molar refractivity (Wildman–Crippen MR) is 75.6 cm³/mol. The molecule has 0 aliphatic rings. The molecule has 2 N–H and O–H groups in total. The number of nitrogens with zero attached hydrogens (tertiary/aromatic N) is 2. The maximum Gasteiger partial charge on any atom is 0.304 e.